The lowest BCUT2D eigenvalue weighted by molar-refractivity contribution is 0.0422. The van der Waals surface area contributed by atoms with Crippen LogP contribution in [0.2, 0.25) is 0 Å². The molecule has 3 nitrogen and oxygen atoms in total. The first-order chi connectivity index (χ1) is 7.72. The van der Waals surface area contributed by atoms with Gasteiger partial charge in [0.2, 0.25) is 0 Å². The van der Waals surface area contributed by atoms with E-state index >= 15 is 0 Å². The summed E-state index contributed by atoms with van der Waals surface area (Å²) in [6.07, 6.45) is 6.88. The molecule has 2 aliphatic rings. The van der Waals surface area contributed by atoms with Gasteiger partial charge in [-0.25, -0.2) is 4.79 Å². The highest BCUT2D eigenvalue weighted by molar-refractivity contribution is 5.69. The van der Waals surface area contributed by atoms with Crippen LogP contribution in [0.1, 0.15) is 67.6 Å². The van der Waals surface area contributed by atoms with Crippen LogP contribution in [0.4, 0.5) is 4.79 Å². The molecule has 0 heterocycles. The Hall–Kier alpha value is -0.730. The highest BCUT2D eigenvalue weighted by Gasteiger charge is 2.49. The normalized spacial score (nSPS) is 36.7. The SMILES string of the molecule is CC12CCCC(NC(=O)OC(C)(C)C)(CC1)C2.[HH]. The Kier molecular flexibility index (Phi) is 2.91. The van der Waals surface area contributed by atoms with Crippen LogP contribution in [0, 0.1) is 5.41 Å². The van der Waals surface area contributed by atoms with Gasteiger partial charge in [0.05, 0.1) is 0 Å². The van der Waals surface area contributed by atoms with Gasteiger partial charge < -0.3 is 10.1 Å². The van der Waals surface area contributed by atoms with Crippen LogP contribution < -0.4 is 5.32 Å². The average molecular weight is 241 g/mol. The van der Waals surface area contributed by atoms with Crippen molar-refractivity contribution in [3.05, 3.63) is 0 Å². The van der Waals surface area contributed by atoms with Gasteiger partial charge in [-0.2, -0.15) is 0 Å². The standard InChI is InChI=1S/C14H25NO2.H2/c1-12(2,3)17-11(16)15-14-7-5-6-13(4,10-14)8-9-14;/h5-10H2,1-4H3,(H,15,16);1H. The van der Waals surface area contributed by atoms with Crippen LogP contribution in [0.3, 0.4) is 0 Å². The van der Waals surface area contributed by atoms with E-state index in [1.54, 1.807) is 0 Å². The largest absolute Gasteiger partial charge is 0.444 e. The molecule has 0 aromatic heterocycles. The Labute approximate surface area is 106 Å². The molecular weight excluding hydrogens is 214 g/mol. The third-order valence-corrected chi connectivity index (χ3v) is 4.17. The Morgan fingerprint density at radius 1 is 1.24 bits per heavy atom. The Bertz CT molecular complexity index is 326. The van der Waals surface area contributed by atoms with Crippen LogP contribution in [-0.4, -0.2) is 17.2 Å². The molecule has 0 aliphatic heterocycles. The van der Waals surface area contributed by atoms with Crippen LogP contribution in [0.15, 0.2) is 0 Å². The quantitative estimate of drug-likeness (QED) is 0.756. The highest BCUT2D eigenvalue weighted by atomic mass is 16.6. The Morgan fingerprint density at radius 2 is 1.94 bits per heavy atom. The molecule has 0 aromatic rings. The zero-order valence-electron chi connectivity index (χ0n) is 11.6. The number of hydrogen-bond acceptors (Lipinski definition) is 2. The van der Waals surface area contributed by atoms with Crippen molar-refractivity contribution in [3.63, 3.8) is 0 Å². The molecular formula is C14H27NO2. The molecule has 2 fully saturated rings. The molecule has 2 atom stereocenters. The average Bonchev–Trinajstić information content (AvgIpc) is 2.33. The van der Waals surface area contributed by atoms with Crippen molar-refractivity contribution in [1.82, 2.24) is 5.32 Å². The summed E-state index contributed by atoms with van der Waals surface area (Å²) < 4.78 is 5.37. The summed E-state index contributed by atoms with van der Waals surface area (Å²) in [4.78, 5) is 11.9. The lowest BCUT2D eigenvalue weighted by atomic mass is 9.74. The van der Waals surface area contributed by atoms with Crippen molar-refractivity contribution in [2.75, 3.05) is 0 Å². The molecule has 1 amide bonds. The maximum Gasteiger partial charge on any atom is 0.408 e. The molecule has 2 saturated carbocycles. The number of hydrogen-bond donors (Lipinski definition) is 1. The van der Waals surface area contributed by atoms with Crippen LogP contribution >= 0.6 is 0 Å². The zero-order valence-corrected chi connectivity index (χ0v) is 11.6. The third kappa shape index (κ3) is 2.93. The lowest BCUT2D eigenvalue weighted by Crippen LogP contribution is -2.50. The molecule has 0 saturated heterocycles. The van der Waals surface area contributed by atoms with E-state index in [2.05, 4.69) is 12.2 Å². The molecule has 2 aliphatic carbocycles. The van der Waals surface area contributed by atoms with Crippen molar-refractivity contribution in [2.45, 2.75) is 77.4 Å². The number of alkyl carbamates (subject to hydrolysis) is 1. The first-order valence-corrected chi connectivity index (χ1v) is 6.73. The Balaban J connectivity index is 0.00000162. The summed E-state index contributed by atoms with van der Waals surface area (Å²) in [5.41, 5.74) is 0.0693. The minimum Gasteiger partial charge on any atom is -0.444 e. The number of fused-ring (bicyclic) bond motifs is 2. The maximum atomic E-state index is 11.9. The van der Waals surface area contributed by atoms with Crippen molar-refractivity contribution < 1.29 is 11.0 Å². The number of ether oxygens (including phenoxy) is 1. The number of amides is 1. The summed E-state index contributed by atoms with van der Waals surface area (Å²) in [6, 6.07) is 0. The minimum atomic E-state index is -0.405. The third-order valence-electron chi connectivity index (χ3n) is 4.17. The topological polar surface area (TPSA) is 38.3 Å². The molecule has 17 heavy (non-hydrogen) atoms. The summed E-state index contributed by atoms with van der Waals surface area (Å²) in [5.74, 6) is 0. The molecule has 0 radical (unpaired) electrons. The van der Waals surface area contributed by atoms with Gasteiger partial charge >= 0.3 is 6.09 Å². The van der Waals surface area contributed by atoms with E-state index in [0.29, 0.717) is 5.41 Å². The zero-order chi connectivity index (χ0) is 12.7. The lowest BCUT2D eigenvalue weighted by Gasteiger charge is -2.38. The minimum absolute atomic E-state index is 0. The van der Waals surface area contributed by atoms with Crippen molar-refractivity contribution in [3.8, 4) is 0 Å². The van der Waals surface area contributed by atoms with E-state index < -0.39 is 5.60 Å². The van der Waals surface area contributed by atoms with Crippen molar-refractivity contribution >= 4 is 6.09 Å². The predicted molar refractivity (Wildman–Crippen MR) is 70.0 cm³/mol. The van der Waals surface area contributed by atoms with Crippen molar-refractivity contribution in [1.29, 1.82) is 0 Å². The second-order valence-electron chi connectivity index (χ2n) is 7.25. The molecule has 100 valence electrons. The fourth-order valence-corrected chi connectivity index (χ4v) is 3.50. The summed E-state index contributed by atoms with van der Waals surface area (Å²) in [6.45, 7) is 8.07. The van der Waals surface area contributed by atoms with Gasteiger partial charge in [0.1, 0.15) is 5.60 Å². The van der Waals surface area contributed by atoms with Gasteiger partial charge in [0.25, 0.3) is 0 Å². The summed E-state index contributed by atoms with van der Waals surface area (Å²) >= 11 is 0. The number of nitrogens with one attached hydrogen (secondary N) is 1. The smallest absolute Gasteiger partial charge is 0.408 e. The van der Waals surface area contributed by atoms with Gasteiger partial charge in [-0.3, -0.25) is 0 Å². The van der Waals surface area contributed by atoms with Gasteiger partial charge in [-0.15, -0.1) is 0 Å². The van der Waals surface area contributed by atoms with Crippen LogP contribution in [0.25, 0.3) is 0 Å². The summed E-state index contributed by atoms with van der Waals surface area (Å²) in [5, 5.41) is 3.14. The molecule has 0 spiro atoms. The molecule has 0 aromatic carbocycles. The second kappa shape index (κ2) is 3.89. The van der Waals surface area contributed by atoms with Crippen molar-refractivity contribution in [2.24, 2.45) is 5.41 Å². The van der Waals surface area contributed by atoms with E-state index in [1.807, 2.05) is 20.8 Å². The monoisotopic (exact) mass is 241 g/mol. The predicted octanol–water partition coefficient (Wildman–Crippen LogP) is 3.87. The highest BCUT2D eigenvalue weighted by Crippen LogP contribution is 2.53. The van der Waals surface area contributed by atoms with E-state index in [9.17, 15) is 4.79 Å². The van der Waals surface area contributed by atoms with Crippen LogP contribution in [0.5, 0.6) is 0 Å². The van der Waals surface area contributed by atoms with E-state index in [4.69, 9.17) is 4.74 Å². The van der Waals surface area contributed by atoms with Gasteiger partial charge in [0.15, 0.2) is 0 Å². The molecule has 3 heteroatoms. The first-order valence-electron chi connectivity index (χ1n) is 6.73. The number of carbonyl (C=O) groups excluding carboxylic acids is 1. The van der Waals surface area contributed by atoms with Gasteiger partial charge in [0, 0.05) is 6.97 Å². The molecule has 2 bridgehead atoms. The molecule has 1 N–H and O–H groups in total. The van der Waals surface area contributed by atoms with Crippen LogP contribution in [-0.2, 0) is 4.74 Å². The fraction of sp³-hybridized carbons (Fsp3) is 0.929. The van der Waals surface area contributed by atoms with E-state index in [-0.39, 0.29) is 13.1 Å². The Morgan fingerprint density at radius 3 is 2.59 bits per heavy atom. The van der Waals surface area contributed by atoms with Gasteiger partial charge in [-0.05, 0) is 58.3 Å². The number of rotatable bonds is 1. The molecule has 2 rings (SSSR count). The second-order valence-corrected chi connectivity index (χ2v) is 7.25. The van der Waals surface area contributed by atoms with E-state index in [0.717, 1.165) is 19.3 Å². The number of carbonyl (C=O) groups is 1. The molecule has 2 unspecified atom stereocenters. The van der Waals surface area contributed by atoms with Gasteiger partial charge in [-0.1, -0.05) is 13.3 Å². The van der Waals surface area contributed by atoms with E-state index in [1.165, 1.54) is 19.3 Å². The fourth-order valence-electron chi connectivity index (χ4n) is 3.50. The summed E-state index contributed by atoms with van der Waals surface area (Å²) in [7, 11) is 0. The maximum absolute atomic E-state index is 11.9. The first kappa shape index (κ1) is 12.7.